The summed E-state index contributed by atoms with van der Waals surface area (Å²) in [6.07, 6.45) is 1.58. The molecule has 156 valence electrons. The molecule has 0 N–H and O–H groups in total. The van der Waals surface area contributed by atoms with E-state index >= 15 is 0 Å². The molecule has 30 heavy (non-hydrogen) atoms. The highest BCUT2D eigenvalue weighted by molar-refractivity contribution is 8.18. The Bertz CT molecular complexity index is 989. The molecule has 1 aliphatic heterocycles. The summed E-state index contributed by atoms with van der Waals surface area (Å²) in [7, 11) is 0. The number of carbonyl (C=O) groups excluding carboxylic acids is 3. The summed E-state index contributed by atoms with van der Waals surface area (Å²) >= 11 is 0.778. The average Bonchev–Trinajstić information content (AvgIpc) is 3.00. The van der Waals surface area contributed by atoms with E-state index in [4.69, 9.17) is 9.47 Å². The number of amides is 2. The van der Waals surface area contributed by atoms with Gasteiger partial charge in [0.15, 0.2) is 0 Å². The van der Waals surface area contributed by atoms with Gasteiger partial charge in [0.05, 0.1) is 11.5 Å². The predicted molar refractivity (Wildman–Crippen MR) is 111 cm³/mol. The van der Waals surface area contributed by atoms with Crippen molar-refractivity contribution < 1.29 is 28.2 Å². The van der Waals surface area contributed by atoms with Crippen LogP contribution >= 0.6 is 11.8 Å². The summed E-state index contributed by atoms with van der Waals surface area (Å²) in [5.74, 6) is -0.893. The van der Waals surface area contributed by atoms with Crippen LogP contribution in [0.5, 0.6) is 5.75 Å². The van der Waals surface area contributed by atoms with E-state index in [0.29, 0.717) is 16.9 Å². The van der Waals surface area contributed by atoms with Crippen molar-refractivity contribution in [1.29, 1.82) is 0 Å². The third-order valence-electron chi connectivity index (χ3n) is 4.31. The van der Waals surface area contributed by atoms with Gasteiger partial charge in [-0.3, -0.25) is 14.5 Å². The molecule has 0 aromatic heterocycles. The highest BCUT2D eigenvalue weighted by Gasteiger charge is 2.41. The maximum atomic E-state index is 13.2. The minimum atomic E-state index is -0.984. The molecule has 2 amide bonds. The van der Waals surface area contributed by atoms with Crippen LogP contribution in [0.4, 0.5) is 9.18 Å². The van der Waals surface area contributed by atoms with Gasteiger partial charge >= 0.3 is 5.97 Å². The first-order valence-corrected chi connectivity index (χ1v) is 10.1. The maximum Gasteiger partial charge on any atom is 0.329 e. The molecule has 0 saturated carbocycles. The molecule has 1 unspecified atom stereocenters. The molecule has 6 nitrogen and oxygen atoms in total. The van der Waals surface area contributed by atoms with E-state index in [1.165, 1.54) is 19.1 Å². The fourth-order valence-electron chi connectivity index (χ4n) is 2.79. The topological polar surface area (TPSA) is 72.9 Å². The van der Waals surface area contributed by atoms with Gasteiger partial charge in [0.1, 0.15) is 24.2 Å². The maximum absolute atomic E-state index is 13.2. The summed E-state index contributed by atoms with van der Waals surface area (Å²) in [5, 5.41) is -0.512. The molecular weight excluding hydrogens is 409 g/mol. The third-order valence-corrected chi connectivity index (χ3v) is 5.19. The number of thioether (sulfide) groups is 1. The highest BCUT2D eigenvalue weighted by atomic mass is 32.2. The lowest BCUT2D eigenvalue weighted by Crippen LogP contribution is -2.42. The van der Waals surface area contributed by atoms with Crippen molar-refractivity contribution in [3.8, 4) is 5.75 Å². The Morgan fingerprint density at radius 1 is 1.20 bits per heavy atom. The van der Waals surface area contributed by atoms with Crippen molar-refractivity contribution >= 4 is 35.0 Å². The van der Waals surface area contributed by atoms with Crippen LogP contribution in [0.15, 0.2) is 53.4 Å². The lowest BCUT2D eigenvalue weighted by Gasteiger charge is -2.19. The minimum Gasteiger partial charge on any atom is -0.489 e. The van der Waals surface area contributed by atoms with Crippen LogP contribution in [0.3, 0.4) is 0 Å². The number of rotatable bonds is 7. The summed E-state index contributed by atoms with van der Waals surface area (Å²) in [4.78, 5) is 37.8. The number of halogens is 1. The Labute approximate surface area is 177 Å². The molecule has 0 spiro atoms. The molecule has 3 rings (SSSR count). The summed E-state index contributed by atoms with van der Waals surface area (Å²) in [6, 6.07) is 12.1. The smallest absolute Gasteiger partial charge is 0.329 e. The molecule has 1 aliphatic rings. The molecule has 8 heteroatoms. The lowest BCUT2D eigenvalue weighted by atomic mass is 10.2. The monoisotopic (exact) mass is 429 g/mol. The second-order valence-electron chi connectivity index (χ2n) is 6.47. The Morgan fingerprint density at radius 3 is 2.60 bits per heavy atom. The fraction of sp³-hybridized carbons (Fsp3) is 0.227. The molecular formula is C22H20FNO5S. The van der Waals surface area contributed by atoms with Crippen molar-refractivity contribution in [2.45, 2.75) is 26.5 Å². The summed E-state index contributed by atoms with van der Waals surface area (Å²) in [6.45, 7) is 3.51. The van der Waals surface area contributed by atoms with E-state index in [-0.39, 0.29) is 23.9 Å². The van der Waals surface area contributed by atoms with Crippen LogP contribution in [-0.2, 0) is 20.9 Å². The molecule has 0 radical (unpaired) electrons. The Balaban J connectivity index is 1.66. The van der Waals surface area contributed by atoms with Crippen LogP contribution < -0.4 is 4.74 Å². The second-order valence-corrected chi connectivity index (χ2v) is 7.46. The van der Waals surface area contributed by atoms with E-state index in [9.17, 15) is 18.8 Å². The molecule has 1 heterocycles. The third kappa shape index (κ3) is 5.07. The zero-order valence-electron chi connectivity index (χ0n) is 16.5. The number of esters is 1. The highest BCUT2D eigenvalue weighted by Crippen LogP contribution is 2.34. The first kappa shape index (κ1) is 21.6. The zero-order chi connectivity index (χ0) is 21.7. The minimum absolute atomic E-state index is 0.170. The number of nitrogens with zero attached hydrogens (tertiary/aromatic N) is 1. The lowest BCUT2D eigenvalue weighted by molar-refractivity contribution is -0.150. The van der Waals surface area contributed by atoms with E-state index in [1.807, 2.05) is 0 Å². The van der Waals surface area contributed by atoms with Crippen LogP contribution in [0.25, 0.3) is 6.08 Å². The molecule has 2 aromatic carbocycles. The quantitative estimate of drug-likeness (QED) is 0.480. The molecule has 2 aromatic rings. The van der Waals surface area contributed by atoms with E-state index in [0.717, 1.165) is 16.7 Å². The van der Waals surface area contributed by atoms with Gasteiger partial charge in [-0.1, -0.05) is 24.3 Å². The van der Waals surface area contributed by atoms with Gasteiger partial charge in [-0.05, 0) is 67.1 Å². The van der Waals surface area contributed by atoms with Gasteiger partial charge in [-0.15, -0.1) is 0 Å². The first-order chi connectivity index (χ1) is 14.4. The van der Waals surface area contributed by atoms with Crippen LogP contribution in [0, 0.1) is 5.82 Å². The van der Waals surface area contributed by atoms with Crippen LogP contribution in [-0.4, -0.2) is 34.7 Å². The molecule has 1 saturated heterocycles. The largest absolute Gasteiger partial charge is 0.489 e. The van der Waals surface area contributed by atoms with Crippen molar-refractivity contribution in [1.82, 2.24) is 4.90 Å². The average molecular weight is 429 g/mol. The Kier molecular flexibility index (Phi) is 6.89. The van der Waals surface area contributed by atoms with Crippen molar-refractivity contribution in [2.24, 2.45) is 0 Å². The molecule has 0 aliphatic carbocycles. The van der Waals surface area contributed by atoms with Gasteiger partial charge in [0.25, 0.3) is 11.1 Å². The number of hydrogen-bond acceptors (Lipinski definition) is 6. The van der Waals surface area contributed by atoms with Gasteiger partial charge in [-0.25, -0.2) is 9.18 Å². The second kappa shape index (κ2) is 9.58. The van der Waals surface area contributed by atoms with Gasteiger partial charge in [0.2, 0.25) is 0 Å². The molecule has 0 bridgehead atoms. The number of ether oxygens (including phenoxy) is 2. The van der Waals surface area contributed by atoms with Crippen LogP contribution in [0.1, 0.15) is 25.0 Å². The zero-order valence-corrected chi connectivity index (χ0v) is 17.3. The normalized spacial score (nSPS) is 16.1. The summed E-state index contributed by atoms with van der Waals surface area (Å²) < 4.78 is 23.7. The van der Waals surface area contributed by atoms with Gasteiger partial charge in [-0.2, -0.15) is 0 Å². The van der Waals surface area contributed by atoms with E-state index < -0.39 is 23.2 Å². The van der Waals surface area contributed by atoms with Crippen molar-refractivity contribution in [3.05, 3.63) is 70.4 Å². The van der Waals surface area contributed by atoms with Gasteiger partial charge in [0, 0.05) is 0 Å². The Hall–Kier alpha value is -3.13. The van der Waals surface area contributed by atoms with Gasteiger partial charge < -0.3 is 9.47 Å². The SMILES string of the molecule is CCOC(=O)C(C)N1C(=O)SC(=Cc2ccc(OCc3cccc(F)c3)cc2)C1=O. The number of benzene rings is 2. The van der Waals surface area contributed by atoms with Crippen molar-refractivity contribution in [2.75, 3.05) is 6.61 Å². The Morgan fingerprint density at radius 2 is 1.93 bits per heavy atom. The van der Waals surface area contributed by atoms with Crippen LogP contribution in [0.2, 0.25) is 0 Å². The first-order valence-electron chi connectivity index (χ1n) is 9.30. The van der Waals surface area contributed by atoms with Crippen molar-refractivity contribution in [3.63, 3.8) is 0 Å². The standard InChI is InChI=1S/C22H20FNO5S/c1-3-28-21(26)14(2)24-20(25)19(30-22(24)27)12-15-7-9-18(10-8-15)29-13-16-5-4-6-17(23)11-16/h4-12,14H,3,13H2,1-2H3. The molecule has 1 atom stereocenters. The number of imide groups is 1. The predicted octanol–water partition coefficient (Wildman–Crippen LogP) is 4.39. The molecule has 1 fully saturated rings. The fourth-order valence-corrected chi connectivity index (χ4v) is 3.70. The van der Waals surface area contributed by atoms with E-state index in [1.54, 1.807) is 49.4 Å². The van der Waals surface area contributed by atoms with E-state index in [2.05, 4.69) is 0 Å². The number of hydrogen-bond donors (Lipinski definition) is 0. The summed E-state index contributed by atoms with van der Waals surface area (Å²) in [5.41, 5.74) is 1.41. The number of carbonyl (C=O) groups is 3.